The Balaban J connectivity index is 1.19. The highest BCUT2D eigenvalue weighted by atomic mass is 32.2. The van der Waals surface area contributed by atoms with Crippen molar-refractivity contribution in [1.29, 1.82) is 0 Å². The Morgan fingerprint density at radius 3 is 2.24 bits per heavy atom. The third-order valence-corrected chi connectivity index (χ3v) is 9.88. The Morgan fingerprint density at radius 1 is 1.03 bits per heavy atom. The van der Waals surface area contributed by atoms with Crippen molar-refractivity contribution in [3.05, 3.63) is 52.9 Å². The second kappa shape index (κ2) is 9.72. The monoisotopic (exact) mass is 548 g/mol. The van der Waals surface area contributed by atoms with Gasteiger partial charge in [-0.05, 0) is 104 Å². The molecule has 0 aromatic heterocycles. The molecule has 4 bridgehead atoms. The molecule has 1 aliphatic heterocycles. The molecule has 1 amide bonds. The van der Waals surface area contributed by atoms with Crippen molar-refractivity contribution in [2.24, 2.45) is 23.2 Å². The van der Waals surface area contributed by atoms with Crippen molar-refractivity contribution in [3.8, 4) is 11.5 Å². The van der Waals surface area contributed by atoms with E-state index in [4.69, 9.17) is 21.7 Å². The maximum atomic E-state index is 13.4. The summed E-state index contributed by atoms with van der Waals surface area (Å²) in [6.07, 6.45) is 8.50. The van der Waals surface area contributed by atoms with Gasteiger partial charge in [-0.3, -0.25) is 14.5 Å². The number of carbonyl (C=O) groups is 2. The summed E-state index contributed by atoms with van der Waals surface area (Å²) in [6, 6.07) is 13.2. The van der Waals surface area contributed by atoms with Crippen LogP contribution in [0.3, 0.4) is 0 Å². The Bertz CT molecular complexity index is 1300. The van der Waals surface area contributed by atoms with Crippen LogP contribution in [0.15, 0.2) is 47.4 Å². The lowest BCUT2D eigenvalue weighted by molar-refractivity contribution is -0.161. The fourth-order valence-corrected chi connectivity index (χ4v) is 8.47. The van der Waals surface area contributed by atoms with Crippen LogP contribution in [0, 0.1) is 23.2 Å². The predicted octanol–water partition coefficient (Wildman–Crippen LogP) is 6.29. The Labute approximate surface area is 233 Å². The lowest BCUT2D eigenvalue weighted by Gasteiger charge is -2.55. The number of rotatable bonds is 6. The van der Waals surface area contributed by atoms with Crippen LogP contribution in [0.25, 0.3) is 6.08 Å². The zero-order chi connectivity index (χ0) is 26.6. The highest BCUT2D eigenvalue weighted by Gasteiger charge is 2.55. The molecule has 1 heterocycles. The van der Waals surface area contributed by atoms with Crippen molar-refractivity contribution in [1.82, 2.24) is 0 Å². The summed E-state index contributed by atoms with van der Waals surface area (Å²) in [5.41, 5.74) is 2.23. The molecule has 8 heteroatoms. The van der Waals surface area contributed by atoms with Crippen molar-refractivity contribution in [2.45, 2.75) is 38.5 Å². The van der Waals surface area contributed by atoms with Gasteiger partial charge < -0.3 is 14.4 Å². The van der Waals surface area contributed by atoms with E-state index in [1.807, 2.05) is 49.3 Å². The number of methoxy groups -OCH3 is 1. The number of thiocarbonyl (C=S) groups is 1. The molecule has 2 aromatic carbocycles. The molecule has 1 saturated heterocycles. The number of ether oxygens (including phenoxy) is 2. The van der Waals surface area contributed by atoms with Gasteiger partial charge in [0.05, 0.1) is 23.1 Å². The molecule has 6 nitrogen and oxygen atoms in total. The van der Waals surface area contributed by atoms with Gasteiger partial charge in [-0.2, -0.15) is 0 Å². The third kappa shape index (κ3) is 4.51. The average Bonchev–Trinajstić information content (AvgIpc) is 3.16. The molecule has 0 unspecified atom stereocenters. The molecule has 2 aromatic rings. The van der Waals surface area contributed by atoms with E-state index in [-0.39, 0.29) is 17.3 Å². The topological polar surface area (TPSA) is 59.1 Å². The molecule has 4 saturated carbocycles. The minimum absolute atomic E-state index is 0.108. The normalized spacial score (nSPS) is 28.8. The molecular weight excluding hydrogens is 516 g/mol. The molecule has 7 rings (SSSR count). The maximum Gasteiger partial charge on any atom is 0.317 e. The third-order valence-electron chi connectivity index (χ3n) is 8.58. The molecule has 5 fully saturated rings. The lowest BCUT2D eigenvalue weighted by atomic mass is 9.49. The first kappa shape index (κ1) is 25.4. The summed E-state index contributed by atoms with van der Waals surface area (Å²) < 4.78 is 12.1. The highest BCUT2D eigenvalue weighted by Crippen LogP contribution is 2.60. The van der Waals surface area contributed by atoms with Crippen LogP contribution in [0.1, 0.15) is 44.1 Å². The zero-order valence-corrected chi connectivity index (χ0v) is 23.6. The summed E-state index contributed by atoms with van der Waals surface area (Å²) in [7, 11) is 5.51. The molecule has 4 aliphatic carbocycles. The number of esters is 1. The Morgan fingerprint density at radius 2 is 1.66 bits per heavy atom. The number of carbonyl (C=O) groups excluding carboxylic acids is 2. The second-order valence-electron chi connectivity index (χ2n) is 11.4. The fraction of sp³-hybridized carbons (Fsp3) is 0.433. The van der Waals surface area contributed by atoms with E-state index in [0.717, 1.165) is 36.2 Å². The number of anilines is 2. The first-order valence-electron chi connectivity index (χ1n) is 13.2. The summed E-state index contributed by atoms with van der Waals surface area (Å²) in [6.45, 7) is 0. The van der Waals surface area contributed by atoms with E-state index < -0.39 is 0 Å². The lowest BCUT2D eigenvalue weighted by Crippen LogP contribution is -2.51. The number of hydrogen-bond donors (Lipinski definition) is 0. The van der Waals surface area contributed by atoms with Gasteiger partial charge in [0.15, 0.2) is 15.8 Å². The Kier molecular flexibility index (Phi) is 6.51. The Hall–Kier alpha value is -2.84. The van der Waals surface area contributed by atoms with Gasteiger partial charge in [0.2, 0.25) is 0 Å². The van der Waals surface area contributed by atoms with E-state index in [2.05, 4.69) is 0 Å². The van der Waals surface area contributed by atoms with E-state index >= 15 is 0 Å². The molecule has 0 atom stereocenters. The summed E-state index contributed by atoms with van der Waals surface area (Å²) in [4.78, 5) is 30.8. The van der Waals surface area contributed by atoms with E-state index in [0.29, 0.717) is 38.5 Å². The van der Waals surface area contributed by atoms with Crippen LogP contribution in [0.5, 0.6) is 11.5 Å². The van der Waals surface area contributed by atoms with Crippen LogP contribution in [0.4, 0.5) is 11.4 Å². The van der Waals surface area contributed by atoms with Crippen molar-refractivity contribution >= 4 is 57.6 Å². The summed E-state index contributed by atoms with van der Waals surface area (Å²) >= 11 is 6.81. The summed E-state index contributed by atoms with van der Waals surface area (Å²) in [5.74, 6) is 2.65. The molecule has 0 spiro atoms. The number of nitrogens with zero attached hydrogens (tertiary/aromatic N) is 2. The van der Waals surface area contributed by atoms with Gasteiger partial charge in [-0.15, -0.1) is 0 Å². The zero-order valence-electron chi connectivity index (χ0n) is 21.9. The predicted molar refractivity (Wildman–Crippen MR) is 156 cm³/mol. The van der Waals surface area contributed by atoms with Crippen LogP contribution < -0.4 is 19.3 Å². The second-order valence-corrected chi connectivity index (χ2v) is 13.1. The van der Waals surface area contributed by atoms with Gasteiger partial charge >= 0.3 is 5.97 Å². The number of hydrogen-bond acceptors (Lipinski definition) is 7. The molecule has 198 valence electrons. The van der Waals surface area contributed by atoms with Gasteiger partial charge in [-0.25, -0.2) is 0 Å². The average molecular weight is 549 g/mol. The van der Waals surface area contributed by atoms with E-state index in [9.17, 15) is 9.59 Å². The van der Waals surface area contributed by atoms with Gasteiger partial charge in [0.1, 0.15) is 0 Å². The van der Waals surface area contributed by atoms with Crippen molar-refractivity contribution in [2.75, 3.05) is 31.0 Å². The molecular formula is C30H32N2O4S2. The smallest absolute Gasteiger partial charge is 0.317 e. The van der Waals surface area contributed by atoms with Crippen LogP contribution in [0.2, 0.25) is 0 Å². The maximum absolute atomic E-state index is 13.4. The largest absolute Gasteiger partial charge is 0.493 e. The van der Waals surface area contributed by atoms with Crippen LogP contribution in [-0.4, -0.2) is 37.4 Å². The van der Waals surface area contributed by atoms with Gasteiger partial charge in [0.25, 0.3) is 5.91 Å². The minimum atomic E-state index is -0.336. The SMILES string of the molecule is COc1cc(/C=C2\SC(=S)N(c3ccc(N(C)C)cc3)C2=O)ccc1OC(=O)C12CC3CC(CC(C3)C1)C2. The standard InChI is InChI=1S/C30H32N2O4S2/c1-31(2)22-5-7-23(8-6-22)32-27(33)26(38-29(32)37)14-18-4-9-24(25(13-18)35-3)36-28(34)30-15-19-10-20(16-30)12-21(11-19)17-30/h4-9,13-14,19-21H,10-12,15-17H2,1-3H3/b26-14-. The van der Waals surface area contributed by atoms with Crippen LogP contribution >= 0.6 is 24.0 Å². The molecule has 38 heavy (non-hydrogen) atoms. The molecule has 5 aliphatic rings. The first-order chi connectivity index (χ1) is 18.2. The number of benzene rings is 2. The quantitative estimate of drug-likeness (QED) is 0.182. The first-order valence-corrected chi connectivity index (χ1v) is 14.4. The van der Waals surface area contributed by atoms with Gasteiger partial charge in [0, 0.05) is 19.8 Å². The summed E-state index contributed by atoms with van der Waals surface area (Å²) in [5, 5.41) is 0. The fourth-order valence-electron chi connectivity index (χ4n) is 7.17. The van der Waals surface area contributed by atoms with E-state index in [1.54, 1.807) is 30.2 Å². The van der Waals surface area contributed by atoms with Crippen molar-refractivity contribution in [3.63, 3.8) is 0 Å². The highest BCUT2D eigenvalue weighted by molar-refractivity contribution is 8.27. The molecule has 0 radical (unpaired) electrons. The van der Waals surface area contributed by atoms with Crippen molar-refractivity contribution < 1.29 is 19.1 Å². The number of amides is 1. The van der Waals surface area contributed by atoms with E-state index in [1.165, 1.54) is 31.0 Å². The van der Waals surface area contributed by atoms with Gasteiger partial charge in [-0.1, -0.05) is 30.0 Å². The number of thioether (sulfide) groups is 1. The van der Waals surface area contributed by atoms with Crippen LogP contribution in [-0.2, 0) is 9.59 Å². The minimum Gasteiger partial charge on any atom is -0.493 e. The molecule has 0 N–H and O–H groups in total.